The molecule has 2 aromatic heterocycles. The standard InChI is InChI=1S/C19H26N4O3/c1-15-9-16(20-26-15)10-21-11-17-5-4-8-23(17)13-18(12-21)25-14-19(24)22-6-2-3-7-22/h4-5,8-9,18H,2-3,6-7,10-14H2,1H3. The number of carbonyl (C=O) groups excluding carboxylic acids is 1. The number of rotatable bonds is 5. The molecule has 1 unspecified atom stereocenters. The lowest BCUT2D eigenvalue weighted by Crippen LogP contribution is -2.37. The Morgan fingerprint density at radius 3 is 2.96 bits per heavy atom. The first-order valence-corrected chi connectivity index (χ1v) is 9.35. The maximum atomic E-state index is 12.3. The lowest BCUT2D eigenvalue weighted by molar-refractivity contribution is -0.137. The Kier molecular flexibility index (Phi) is 5.08. The van der Waals surface area contributed by atoms with Gasteiger partial charge in [-0.05, 0) is 31.9 Å². The first-order valence-electron chi connectivity index (χ1n) is 9.35. The molecule has 140 valence electrons. The van der Waals surface area contributed by atoms with E-state index in [1.165, 1.54) is 5.69 Å². The van der Waals surface area contributed by atoms with E-state index < -0.39 is 0 Å². The van der Waals surface area contributed by atoms with Gasteiger partial charge in [0.2, 0.25) is 5.91 Å². The van der Waals surface area contributed by atoms with Gasteiger partial charge in [-0.3, -0.25) is 9.69 Å². The van der Waals surface area contributed by atoms with Crippen molar-refractivity contribution in [1.29, 1.82) is 0 Å². The van der Waals surface area contributed by atoms with Gasteiger partial charge in [0.05, 0.1) is 11.8 Å². The predicted octanol–water partition coefficient (Wildman–Crippen LogP) is 1.81. The van der Waals surface area contributed by atoms with Gasteiger partial charge >= 0.3 is 0 Å². The van der Waals surface area contributed by atoms with Crippen molar-refractivity contribution >= 4 is 5.91 Å². The largest absolute Gasteiger partial charge is 0.365 e. The highest BCUT2D eigenvalue weighted by Crippen LogP contribution is 2.18. The Balaban J connectivity index is 1.41. The van der Waals surface area contributed by atoms with Crippen molar-refractivity contribution in [2.75, 3.05) is 26.2 Å². The zero-order chi connectivity index (χ0) is 17.9. The number of carbonyl (C=O) groups is 1. The van der Waals surface area contributed by atoms with E-state index >= 15 is 0 Å². The fraction of sp³-hybridized carbons (Fsp3) is 0.579. The van der Waals surface area contributed by atoms with Crippen molar-refractivity contribution in [1.82, 2.24) is 19.5 Å². The molecule has 2 aliphatic heterocycles. The number of hydrogen-bond acceptors (Lipinski definition) is 5. The third kappa shape index (κ3) is 3.99. The molecule has 4 rings (SSSR count). The molecule has 0 N–H and O–H groups in total. The van der Waals surface area contributed by atoms with Crippen LogP contribution >= 0.6 is 0 Å². The highest BCUT2D eigenvalue weighted by atomic mass is 16.5. The van der Waals surface area contributed by atoms with Crippen molar-refractivity contribution in [3.63, 3.8) is 0 Å². The number of hydrogen-bond donors (Lipinski definition) is 0. The Labute approximate surface area is 153 Å². The molecule has 1 amide bonds. The summed E-state index contributed by atoms with van der Waals surface area (Å²) in [6.45, 7) is 6.88. The molecule has 4 heterocycles. The first kappa shape index (κ1) is 17.3. The van der Waals surface area contributed by atoms with E-state index in [0.29, 0.717) is 6.54 Å². The number of likely N-dealkylation sites (tertiary alicyclic amines) is 1. The average Bonchev–Trinajstić information content (AvgIpc) is 3.35. The zero-order valence-corrected chi connectivity index (χ0v) is 15.3. The van der Waals surface area contributed by atoms with E-state index in [-0.39, 0.29) is 18.6 Å². The molecule has 7 heteroatoms. The van der Waals surface area contributed by atoms with E-state index in [9.17, 15) is 4.79 Å². The molecule has 7 nitrogen and oxygen atoms in total. The monoisotopic (exact) mass is 358 g/mol. The van der Waals surface area contributed by atoms with Crippen LogP contribution in [-0.2, 0) is 29.2 Å². The second-order valence-corrected chi connectivity index (χ2v) is 7.27. The third-order valence-corrected chi connectivity index (χ3v) is 5.13. The van der Waals surface area contributed by atoms with Crippen molar-refractivity contribution in [3.05, 3.63) is 41.5 Å². The highest BCUT2D eigenvalue weighted by molar-refractivity contribution is 5.77. The number of amides is 1. The van der Waals surface area contributed by atoms with Crippen molar-refractivity contribution < 1.29 is 14.1 Å². The molecule has 2 aromatic rings. The molecule has 2 aliphatic rings. The number of fused-ring (bicyclic) bond motifs is 1. The summed E-state index contributed by atoms with van der Waals surface area (Å²) in [6, 6.07) is 6.17. The van der Waals surface area contributed by atoms with Gasteiger partial charge in [0.15, 0.2) is 0 Å². The van der Waals surface area contributed by atoms with Crippen LogP contribution in [0.3, 0.4) is 0 Å². The first-order chi connectivity index (χ1) is 12.7. The van der Waals surface area contributed by atoms with Crippen LogP contribution in [0.1, 0.15) is 30.0 Å². The van der Waals surface area contributed by atoms with Gasteiger partial charge in [0.1, 0.15) is 12.4 Å². The highest BCUT2D eigenvalue weighted by Gasteiger charge is 2.25. The quantitative estimate of drug-likeness (QED) is 0.816. The van der Waals surface area contributed by atoms with E-state index in [1.54, 1.807) is 0 Å². The topological polar surface area (TPSA) is 63.7 Å². The summed E-state index contributed by atoms with van der Waals surface area (Å²) in [5.74, 6) is 0.931. The smallest absolute Gasteiger partial charge is 0.248 e. The van der Waals surface area contributed by atoms with Gasteiger partial charge in [-0.2, -0.15) is 0 Å². The lowest BCUT2D eigenvalue weighted by Gasteiger charge is -2.24. The van der Waals surface area contributed by atoms with Gasteiger partial charge in [-0.25, -0.2) is 0 Å². The summed E-state index contributed by atoms with van der Waals surface area (Å²) >= 11 is 0. The molecule has 0 saturated carbocycles. The maximum Gasteiger partial charge on any atom is 0.248 e. The Hall–Kier alpha value is -2.12. The van der Waals surface area contributed by atoms with E-state index in [0.717, 1.165) is 57.0 Å². The van der Waals surface area contributed by atoms with Crippen molar-refractivity contribution in [3.8, 4) is 0 Å². The molecule has 0 aromatic carbocycles. The molecule has 0 bridgehead atoms. The van der Waals surface area contributed by atoms with Gasteiger partial charge in [0.25, 0.3) is 0 Å². The molecule has 1 saturated heterocycles. The summed E-state index contributed by atoms with van der Waals surface area (Å²) in [4.78, 5) is 16.5. The molecule has 0 spiro atoms. The number of aryl methyl sites for hydroxylation is 1. The van der Waals surface area contributed by atoms with E-state index in [4.69, 9.17) is 9.26 Å². The molecule has 26 heavy (non-hydrogen) atoms. The van der Waals surface area contributed by atoms with E-state index in [1.807, 2.05) is 17.9 Å². The molecule has 0 aliphatic carbocycles. The van der Waals surface area contributed by atoms with Crippen LogP contribution in [0, 0.1) is 6.92 Å². The van der Waals surface area contributed by atoms with Crippen LogP contribution in [0.4, 0.5) is 0 Å². The summed E-state index contributed by atoms with van der Waals surface area (Å²) in [5.41, 5.74) is 2.18. The SMILES string of the molecule is Cc1cc(CN2Cc3cccn3CC(OCC(=O)N3CCCC3)C2)no1. The molecule has 1 fully saturated rings. The fourth-order valence-corrected chi connectivity index (χ4v) is 3.82. The zero-order valence-electron chi connectivity index (χ0n) is 15.3. The van der Waals surface area contributed by atoms with Crippen LogP contribution < -0.4 is 0 Å². The van der Waals surface area contributed by atoms with Gasteiger partial charge in [0, 0.05) is 57.2 Å². The van der Waals surface area contributed by atoms with Crippen LogP contribution in [0.2, 0.25) is 0 Å². The van der Waals surface area contributed by atoms with Crippen molar-refractivity contribution in [2.45, 2.75) is 45.5 Å². The van der Waals surface area contributed by atoms with Crippen LogP contribution in [0.25, 0.3) is 0 Å². The average molecular weight is 358 g/mol. The minimum Gasteiger partial charge on any atom is -0.365 e. The minimum atomic E-state index is -0.0248. The van der Waals surface area contributed by atoms with Gasteiger partial charge < -0.3 is 18.7 Å². The Morgan fingerprint density at radius 1 is 1.35 bits per heavy atom. The molecule has 0 radical (unpaired) electrons. The van der Waals surface area contributed by atoms with Crippen LogP contribution in [0.5, 0.6) is 0 Å². The van der Waals surface area contributed by atoms with Crippen molar-refractivity contribution in [2.24, 2.45) is 0 Å². The summed E-state index contributed by atoms with van der Waals surface area (Å²) in [5, 5.41) is 4.11. The number of ether oxygens (including phenoxy) is 1. The van der Waals surface area contributed by atoms with Crippen LogP contribution in [-0.4, -0.2) is 57.8 Å². The Bertz CT molecular complexity index is 748. The molecule has 1 atom stereocenters. The number of aromatic nitrogens is 2. The fourth-order valence-electron chi connectivity index (χ4n) is 3.82. The lowest BCUT2D eigenvalue weighted by atomic mass is 10.3. The van der Waals surface area contributed by atoms with Gasteiger partial charge in [-0.15, -0.1) is 0 Å². The third-order valence-electron chi connectivity index (χ3n) is 5.13. The van der Waals surface area contributed by atoms with Gasteiger partial charge in [-0.1, -0.05) is 5.16 Å². The molecular weight excluding hydrogens is 332 g/mol. The predicted molar refractivity (Wildman–Crippen MR) is 95.3 cm³/mol. The maximum absolute atomic E-state index is 12.3. The second kappa shape index (κ2) is 7.63. The summed E-state index contributed by atoms with van der Waals surface area (Å²) < 4.78 is 13.5. The summed E-state index contributed by atoms with van der Waals surface area (Å²) in [6.07, 6.45) is 4.26. The molecular formula is C19H26N4O3. The minimum absolute atomic E-state index is 0.0248. The number of nitrogens with zero attached hydrogens (tertiary/aromatic N) is 4. The summed E-state index contributed by atoms with van der Waals surface area (Å²) in [7, 11) is 0. The second-order valence-electron chi connectivity index (χ2n) is 7.27. The van der Waals surface area contributed by atoms with E-state index in [2.05, 4.69) is 33.0 Å². The van der Waals surface area contributed by atoms with Crippen LogP contribution in [0.15, 0.2) is 28.9 Å². The normalized spacial score (nSPS) is 21.0. The Morgan fingerprint density at radius 2 is 2.19 bits per heavy atom.